The Morgan fingerprint density at radius 3 is 2.81 bits per heavy atom. The van der Waals surface area contributed by atoms with Crippen LogP contribution in [0.25, 0.3) is 0 Å². The third-order valence-corrected chi connectivity index (χ3v) is 5.71. The van der Waals surface area contributed by atoms with Crippen LogP contribution in [0.4, 0.5) is 0 Å². The number of fused-ring (bicyclic) bond motifs is 1. The molecule has 0 saturated carbocycles. The van der Waals surface area contributed by atoms with E-state index in [9.17, 15) is 4.79 Å². The van der Waals surface area contributed by atoms with Gasteiger partial charge in [-0.3, -0.25) is 9.69 Å². The van der Waals surface area contributed by atoms with Gasteiger partial charge in [0.05, 0.1) is 12.3 Å². The predicted octanol–water partition coefficient (Wildman–Crippen LogP) is 2.85. The molecule has 2 aliphatic heterocycles. The molecule has 1 amide bonds. The lowest BCUT2D eigenvalue weighted by atomic mass is 10.1. The van der Waals surface area contributed by atoms with Crippen molar-refractivity contribution in [3.8, 4) is 5.75 Å². The maximum Gasteiger partial charge on any atom is 0.229 e. The summed E-state index contributed by atoms with van der Waals surface area (Å²) in [5.41, 5.74) is 4.22. The number of benzene rings is 1. The second-order valence-electron chi connectivity index (χ2n) is 7.22. The number of rotatable bonds is 5. The molecule has 0 N–H and O–H groups in total. The van der Waals surface area contributed by atoms with E-state index in [0.29, 0.717) is 18.1 Å². The summed E-state index contributed by atoms with van der Waals surface area (Å²) < 4.78 is 10.5. The van der Waals surface area contributed by atoms with Gasteiger partial charge in [0.2, 0.25) is 11.1 Å². The lowest BCUT2D eigenvalue weighted by Gasteiger charge is -2.35. The Labute approximate surface area is 164 Å². The number of aryl methyl sites for hydroxylation is 1. The summed E-state index contributed by atoms with van der Waals surface area (Å²) in [6.45, 7) is 6.88. The Morgan fingerprint density at radius 2 is 2.07 bits per heavy atom. The fraction of sp³-hybridized carbons (Fsp3) is 0.500. The normalized spacial score (nSPS) is 17.0. The van der Waals surface area contributed by atoms with Crippen molar-refractivity contribution < 1.29 is 14.1 Å². The van der Waals surface area contributed by atoms with Gasteiger partial charge in [-0.15, -0.1) is 0 Å². The first-order valence-corrected chi connectivity index (χ1v) is 9.83. The van der Waals surface area contributed by atoms with Crippen LogP contribution in [0.3, 0.4) is 0 Å². The molecule has 7 heteroatoms. The van der Waals surface area contributed by atoms with Gasteiger partial charge in [0.1, 0.15) is 5.75 Å². The van der Waals surface area contributed by atoms with Gasteiger partial charge >= 0.3 is 0 Å². The van der Waals surface area contributed by atoms with Crippen molar-refractivity contribution >= 4 is 17.5 Å². The highest BCUT2D eigenvalue weighted by Crippen LogP contribution is 2.26. The maximum absolute atomic E-state index is 12.5. The van der Waals surface area contributed by atoms with Gasteiger partial charge < -0.3 is 14.2 Å². The number of nitrogens with zero attached hydrogens (tertiary/aromatic N) is 3. The summed E-state index contributed by atoms with van der Waals surface area (Å²) in [5.74, 6) is 1.19. The molecule has 4 rings (SSSR count). The van der Waals surface area contributed by atoms with Crippen molar-refractivity contribution in [1.82, 2.24) is 15.0 Å². The lowest BCUT2D eigenvalue weighted by molar-refractivity contribution is -0.133. The first kappa shape index (κ1) is 18.3. The van der Waals surface area contributed by atoms with Crippen LogP contribution in [0, 0.1) is 6.92 Å². The standard InChI is InChI=1S/C20H24ClN3O3/c1-14-17(20(21)27-22-14)3-5-19(25)24-9-7-23(8-10-24)13-15-2-4-18-16(12-15)6-11-26-18/h2,4,12H,3,5-11,13H2,1H3. The van der Waals surface area contributed by atoms with Crippen molar-refractivity contribution in [3.05, 3.63) is 45.8 Å². The smallest absolute Gasteiger partial charge is 0.229 e. The van der Waals surface area contributed by atoms with Gasteiger partial charge in [-0.1, -0.05) is 17.3 Å². The molecule has 3 heterocycles. The number of hydrogen-bond acceptors (Lipinski definition) is 5. The summed E-state index contributed by atoms with van der Waals surface area (Å²) in [4.78, 5) is 16.9. The van der Waals surface area contributed by atoms with Crippen molar-refractivity contribution in [2.24, 2.45) is 0 Å². The number of carbonyl (C=O) groups excluding carboxylic acids is 1. The summed E-state index contributed by atoms with van der Waals surface area (Å²) in [5, 5.41) is 4.13. The van der Waals surface area contributed by atoms with Crippen LogP contribution < -0.4 is 4.74 Å². The molecule has 27 heavy (non-hydrogen) atoms. The van der Waals surface area contributed by atoms with Crippen LogP contribution in [0.1, 0.15) is 28.8 Å². The molecule has 0 spiro atoms. The number of amides is 1. The number of piperazine rings is 1. The molecule has 0 atom stereocenters. The average Bonchev–Trinajstić information content (AvgIpc) is 3.26. The quantitative estimate of drug-likeness (QED) is 0.787. The van der Waals surface area contributed by atoms with E-state index >= 15 is 0 Å². The van der Waals surface area contributed by atoms with E-state index in [1.54, 1.807) is 0 Å². The summed E-state index contributed by atoms with van der Waals surface area (Å²) in [6.07, 6.45) is 2.01. The molecule has 6 nitrogen and oxygen atoms in total. The second-order valence-corrected chi connectivity index (χ2v) is 7.56. The highest BCUT2D eigenvalue weighted by atomic mass is 35.5. The summed E-state index contributed by atoms with van der Waals surface area (Å²) >= 11 is 5.98. The Kier molecular flexibility index (Phi) is 5.36. The van der Waals surface area contributed by atoms with Gasteiger partial charge in [-0.05, 0) is 42.1 Å². The molecule has 0 bridgehead atoms. The molecule has 1 saturated heterocycles. The van der Waals surface area contributed by atoms with Gasteiger partial charge in [0.25, 0.3) is 0 Å². The predicted molar refractivity (Wildman–Crippen MR) is 102 cm³/mol. The highest BCUT2D eigenvalue weighted by Gasteiger charge is 2.22. The molecule has 144 valence electrons. The third-order valence-electron chi connectivity index (χ3n) is 5.41. The molecular weight excluding hydrogens is 366 g/mol. The van der Waals surface area contributed by atoms with Gasteiger partial charge in [-0.2, -0.15) is 0 Å². The zero-order valence-corrected chi connectivity index (χ0v) is 16.3. The first-order valence-electron chi connectivity index (χ1n) is 9.45. The minimum Gasteiger partial charge on any atom is -0.493 e. The largest absolute Gasteiger partial charge is 0.493 e. The zero-order valence-electron chi connectivity index (χ0n) is 15.5. The SMILES string of the molecule is Cc1noc(Cl)c1CCC(=O)N1CCN(Cc2ccc3c(c2)CCO3)CC1. The highest BCUT2D eigenvalue weighted by molar-refractivity contribution is 6.29. The molecular formula is C20H24ClN3O3. The Balaban J connectivity index is 1.25. The first-order chi connectivity index (χ1) is 13.1. The van der Waals surface area contributed by atoms with E-state index in [-0.39, 0.29) is 5.91 Å². The number of ether oxygens (including phenoxy) is 1. The molecule has 0 radical (unpaired) electrons. The maximum atomic E-state index is 12.5. The molecule has 1 fully saturated rings. The number of halogens is 1. The fourth-order valence-electron chi connectivity index (χ4n) is 3.78. The summed E-state index contributed by atoms with van der Waals surface area (Å²) in [6, 6.07) is 6.48. The van der Waals surface area contributed by atoms with Crippen LogP contribution in [0.5, 0.6) is 5.75 Å². The van der Waals surface area contributed by atoms with Crippen molar-refractivity contribution in [3.63, 3.8) is 0 Å². The van der Waals surface area contributed by atoms with Crippen LogP contribution in [-0.2, 0) is 24.2 Å². The van der Waals surface area contributed by atoms with Crippen LogP contribution in [-0.4, -0.2) is 53.6 Å². The Hall–Kier alpha value is -2.05. The van der Waals surface area contributed by atoms with Crippen LogP contribution >= 0.6 is 11.6 Å². The molecule has 0 unspecified atom stereocenters. The molecule has 2 aliphatic rings. The molecule has 1 aromatic heterocycles. The van der Waals surface area contributed by atoms with E-state index in [1.165, 1.54) is 11.1 Å². The monoisotopic (exact) mass is 389 g/mol. The number of aromatic nitrogens is 1. The second kappa shape index (κ2) is 7.90. The van der Waals surface area contributed by atoms with E-state index in [4.69, 9.17) is 20.9 Å². The average molecular weight is 390 g/mol. The van der Waals surface area contributed by atoms with Gasteiger partial charge in [0, 0.05) is 51.1 Å². The van der Waals surface area contributed by atoms with E-state index in [0.717, 1.165) is 62.8 Å². The van der Waals surface area contributed by atoms with Crippen molar-refractivity contribution in [2.45, 2.75) is 32.7 Å². The van der Waals surface area contributed by atoms with Crippen molar-refractivity contribution in [2.75, 3.05) is 32.8 Å². The molecule has 2 aromatic rings. The number of carbonyl (C=O) groups is 1. The topological polar surface area (TPSA) is 58.8 Å². The Morgan fingerprint density at radius 1 is 1.26 bits per heavy atom. The Bertz CT molecular complexity index is 808. The number of hydrogen-bond donors (Lipinski definition) is 0. The van der Waals surface area contributed by atoms with E-state index in [1.807, 2.05) is 11.8 Å². The van der Waals surface area contributed by atoms with Gasteiger partial charge in [-0.25, -0.2) is 0 Å². The summed E-state index contributed by atoms with van der Waals surface area (Å²) in [7, 11) is 0. The zero-order chi connectivity index (χ0) is 18.8. The third kappa shape index (κ3) is 4.12. The van der Waals surface area contributed by atoms with E-state index < -0.39 is 0 Å². The molecule has 1 aromatic carbocycles. The minimum atomic E-state index is 0.168. The fourth-order valence-corrected chi connectivity index (χ4v) is 4.05. The minimum absolute atomic E-state index is 0.168. The lowest BCUT2D eigenvalue weighted by Crippen LogP contribution is -2.48. The van der Waals surface area contributed by atoms with E-state index in [2.05, 4.69) is 28.3 Å². The van der Waals surface area contributed by atoms with Crippen molar-refractivity contribution in [1.29, 1.82) is 0 Å². The van der Waals surface area contributed by atoms with Crippen LogP contribution in [0.15, 0.2) is 22.7 Å². The molecule has 0 aliphatic carbocycles. The van der Waals surface area contributed by atoms with Gasteiger partial charge in [0.15, 0.2) is 0 Å². The van der Waals surface area contributed by atoms with Crippen LogP contribution in [0.2, 0.25) is 5.22 Å².